The van der Waals surface area contributed by atoms with Gasteiger partial charge in [0.25, 0.3) is 0 Å². The zero-order valence-electron chi connectivity index (χ0n) is 17.0. The summed E-state index contributed by atoms with van der Waals surface area (Å²) in [5.74, 6) is -2.95. The Labute approximate surface area is 239 Å². The molecule has 6 heteroatoms. The summed E-state index contributed by atoms with van der Waals surface area (Å²) < 4.78 is 0. The van der Waals surface area contributed by atoms with Gasteiger partial charge in [-0.05, 0) is 12.8 Å². The van der Waals surface area contributed by atoms with E-state index in [0.29, 0.717) is 12.8 Å². The Kier molecular flexibility index (Phi) is 26.7. The first-order valence-electron chi connectivity index (χ1n) is 9.44. The summed E-state index contributed by atoms with van der Waals surface area (Å²) in [4.78, 5) is 22.9. The smallest absolute Gasteiger partial charge is 0.549 e. The predicted molar refractivity (Wildman–Crippen MR) is 88.4 cm³/mol. The van der Waals surface area contributed by atoms with Gasteiger partial charge in [-0.1, -0.05) is 90.9 Å². The SMILES string of the molecule is CCCCCCCCC(CCCCCCCC)(C(=O)[O-])C(=O)[O-].[K+].[K+]. The van der Waals surface area contributed by atoms with Gasteiger partial charge in [-0.15, -0.1) is 0 Å². The van der Waals surface area contributed by atoms with Crippen LogP contribution in [0, 0.1) is 5.41 Å². The average Bonchev–Trinajstić information content (AvgIpc) is 2.51. The topological polar surface area (TPSA) is 80.3 Å². The van der Waals surface area contributed by atoms with Crippen LogP contribution >= 0.6 is 0 Å². The van der Waals surface area contributed by atoms with Crippen molar-refractivity contribution in [2.75, 3.05) is 0 Å². The summed E-state index contributed by atoms with van der Waals surface area (Å²) in [6.45, 7) is 4.27. The average molecular weight is 405 g/mol. The molecule has 0 amide bonds. The van der Waals surface area contributed by atoms with E-state index in [2.05, 4.69) is 13.8 Å². The Morgan fingerprint density at radius 2 is 0.880 bits per heavy atom. The van der Waals surface area contributed by atoms with Crippen molar-refractivity contribution in [2.24, 2.45) is 5.41 Å². The van der Waals surface area contributed by atoms with Crippen molar-refractivity contribution in [1.82, 2.24) is 0 Å². The van der Waals surface area contributed by atoms with Gasteiger partial charge in [0, 0.05) is 5.41 Å². The molecule has 0 aliphatic rings. The van der Waals surface area contributed by atoms with Gasteiger partial charge in [0.05, 0.1) is 11.9 Å². The minimum absolute atomic E-state index is 0. The quantitative estimate of drug-likeness (QED) is 0.156. The number of carboxylic acids is 2. The predicted octanol–water partition coefficient (Wildman–Crippen LogP) is -3.02. The first-order chi connectivity index (χ1) is 11.0. The van der Waals surface area contributed by atoms with Gasteiger partial charge < -0.3 is 19.8 Å². The van der Waals surface area contributed by atoms with Crippen molar-refractivity contribution in [3.05, 3.63) is 0 Å². The number of aliphatic carboxylic acids is 2. The molecule has 0 aromatic heterocycles. The molecule has 0 saturated heterocycles. The Morgan fingerprint density at radius 1 is 0.600 bits per heavy atom. The van der Waals surface area contributed by atoms with Crippen molar-refractivity contribution < 1.29 is 123 Å². The van der Waals surface area contributed by atoms with Gasteiger partial charge in [-0.3, -0.25) is 0 Å². The van der Waals surface area contributed by atoms with Crippen LogP contribution in [0.25, 0.3) is 0 Å². The van der Waals surface area contributed by atoms with Gasteiger partial charge in [0.15, 0.2) is 0 Å². The maximum Gasteiger partial charge on any atom is 1.00 e. The van der Waals surface area contributed by atoms with Crippen LogP contribution < -0.4 is 113 Å². The molecule has 0 spiro atoms. The van der Waals surface area contributed by atoms with E-state index >= 15 is 0 Å². The van der Waals surface area contributed by atoms with Gasteiger partial charge in [-0.25, -0.2) is 0 Å². The van der Waals surface area contributed by atoms with Crippen molar-refractivity contribution in [2.45, 2.75) is 104 Å². The summed E-state index contributed by atoms with van der Waals surface area (Å²) in [6, 6.07) is 0. The third-order valence-electron chi connectivity index (χ3n) is 4.70. The van der Waals surface area contributed by atoms with Crippen LogP contribution in [0.2, 0.25) is 0 Å². The summed E-state index contributed by atoms with van der Waals surface area (Å²) in [5, 5.41) is 22.9. The van der Waals surface area contributed by atoms with E-state index in [1.807, 2.05) is 0 Å². The van der Waals surface area contributed by atoms with Crippen LogP contribution in [0.4, 0.5) is 0 Å². The molecule has 0 aliphatic heterocycles. The molecule has 25 heavy (non-hydrogen) atoms. The fourth-order valence-corrected chi connectivity index (χ4v) is 3.03. The minimum Gasteiger partial charge on any atom is -0.549 e. The number of unbranched alkanes of at least 4 members (excludes halogenated alkanes) is 10. The number of carboxylic acid groups (broad SMARTS) is 2. The molecule has 0 rings (SSSR count). The molecule has 0 N–H and O–H groups in total. The fraction of sp³-hybridized carbons (Fsp3) is 0.895. The van der Waals surface area contributed by atoms with E-state index in [1.165, 1.54) is 12.8 Å². The number of rotatable bonds is 16. The standard InChI is InChI=1S/C19H36O4.2K/c1-3-5-7-9-11-13-15-19(17(20)21,18(22)23)16-14-12-10-8-6-4-2;;/h3-16H2,1-2H3,(H,20,21)(H,22,23);;/q;2*+1/p-2. The molecule has 0 aliphatic carbocycles. The maximum absolute atomic E-state index is 11.5. The molecule has 0 radical (unpaired) electrons. The Hall–Kier alpha value is 2.21. The van der Waals surface area contributed by atoms with Crippen LogP contribution in [-0.2, 0) is 9.59 Å². The third kappa shape index (κ3) is 14.8. The first kappa shape index (κ1) is 31.9. The molecular formula is C19H34K2O4. The third-order valence-corrected chi connectivity index (χ3v) is 4.70. The van der Waals surface area contributed by atoms with E-state index in [4.69, 9.17) is 0 Å². The molecule has 0 unspecified atom stereocenters. The number of hydrogen-bond donors (Lipinski definition) is 0. The Balaban J connectivity index is -0.00000242. The summed E-state index contributed by atoms with van der Waals surface area (Å²) in [6.07, 6.45) is 12.2. The summed E-state index contributed by atoms with van der Waals surface area (Å²) in [7, 11) is 0. The summed E-state index contributed by atoms with van der Waals surface area (Å²) >= 11 is 0. The van der Waals surface area contributed by atoms with E-state index in [1.54, 1.807) is 0 Å². The van der Waals surface area contributed by atoms with E-state index < -0.39 is 17.4 Å². The van der Waals surface area contributed by atoms with E-state index in [9.17, 15) is 19.8 Å². The van der Waals surface area contributed by atoms with Crippen LogP contribution in [-0.4, -0.2) is 11.9 Å². The number of hydrogen-bond acceptors (Lipinski definition) is 4. The van der Waals surface area contributed by atoms with E-state index in [0.717, 1.165) is 51.4 Å². The van der Waals surface area contributed by atoms with Gasteiger partial charge >= 0.3 is 103 Å². The second-order valence-electron chi connectivity index (χ2n) is 6.69. The monoisotopic (exact) mass is 404 g/mol. The molecule has 0 aromatic carbocycles. The number of carbonyl (C=O) groups excluding carboxylic acids is 2. The molecule has 0 atom stereocenters. The zero-order valence-corrected chi connectivity index (χ0v) is 23.3. The zero-order chi connectivity index (χ0) is 17.6. The molecule has 0 fully saturated rings. The van der Waals surface area contributed by atoms with Crippen molar-refractivity contribution in [3.8, 4) is 0 Å². The Bertz CT molecular complexity index is 303. The van der Waals surface area contributed by atoms with Crippen molar-refractivity contribution in [3.63, 3.8) is 0 Å². The fourth-order valence-electron chi connectivity index (χ4n) is 3.03. The van der Waals surface area contributed by atoms with Crippen molar-refractivity contribution in [1.29, 1.82) is 0 Å². The first-order valence-corrected chi connectivity index (χ1v) is 9.44. The molecule has 0 heterocycles. The second-order valence-corrected chi connectivity index (χ2v) is 6.69. The molecule has 4 nitrogen and oxygen atoms in total. The van der Waals surface area contributed by atoms with Gasteiger partial charge in [0.1, 0.15) is 0 Å². The molecule has 0 saturated carbocycles. The van der Waals surface area contributed by atoms with Gasteiger partial charge in [0.2, 0.25) is 0 Å². The molecular weight excluding hydrogens is 370 g/mol. The Morgan fingerprint density at radius 3 is 1.16 bits per heavy atom. The molecule has 0 bridgehead atoms. The van der Waals surface area contributed by atoms with E-state index in [-0.39, 0.29) is 116 Å². The van der Waals surface area contributed by atoms with Crippen LogP contribution in [0.3, 0.4) is 0 Å². The van der Waals surface area contributed by atoms with Crippen LogP contribution in [0.1, 0.15) is 104 Å². The maximum atomic E-state index is 11.5. The normalized spacial score (nSPS) is 10.6. The van der Waals surface area contributed by atoms with Crippen molar-refractivity contribution >= 4 is 11.9 Å². The number of carbonyl (C=O) groups is 2. The van der Waals surface area contributed by atoms with Crippen LogP contribution in [0.5, 0.6) is 0 Å². The summed E-state index contributed by atoms with van der Waals surface area (Å²) in [5.41, 5.74) is -1.80. The second kappa shape index (κ2) is 20.9. The van der Waals surface area contributed by atoms with Crippen LogP contribution in [0.15, 0.2) is 0 Å². The molecule has 136 valence electrons. The van der Waals surface area contributed by atoms with Gasteiger partial charge in [-0.2, -0.15) is 0 Å². The largest absolute Gasteiger partial charge is 1.00 e. The minimum atomic E-state index is -1.80. The molecule has 0 aromatic rings.